The Labute approximate surface area is 148 Å². The molecule has 0 spiro atoms. The van der Waals surface area contributed by atoms with Crippen LogP contribution in [0.2, 0.25) is 0 Å². The summed E-state index contributed by atoms with van der Waals surface area (Å²) in [7, 11) is 0. The number of phenolic OH excluding ortho intramolecular Hbond substituents is 2. The van der Waals surface area contributed by atoms with Gasteiger partial charge in [-0.15, -0.1) is 0 Å². The first-order chi connectivity index (χ1) is 11.6. The van der Waals surface area contributed by atoms with Crippen LogP contribution in [0.15, 0.2) is 0 Å². The third-order valence-electron chi connectivity index (χ3n) is 6.31. The highest BCUT2D eigenvalue weighted by atomic mass is 16.6. The highest BCUT2D eigenvalue weighted by molar-refractivity contribution is 5.87. The summed E-state index contributed by atoms with van der Waals surface area (Å²) >= 11 is 0. The third kappa shape index (κ3) is 2.35. The van der Waals surface area contributed by atoms with Gasteiger partial charge < -0.3 is 20.1 Å². The summed E-state index contributed by atoms with van der Waals surface area (Å²) in [4.78, 5) is 11.9. The fraction of sp³-hybridized carbons (Fsp3) is 0.650. The molecule has 0 radical (unpaired) electrons. The molecule has 1 aliphatic heterocycles. The Morgan fingerprint density at radius 1 is 1.16 bits per heavy atom. The van der Waals surface area contributed by atoms with Gasteiger partial charge in [-0.05, 0) is 24.2 Å². The van der Waals surface area contributed by atoms with Crippen LogP contribution in [0.1, 0.15) is 81.3 Å². The zero-order valence-electron chi connectivity index (χ0n) is 15.6. The van der Waals surface area contributed by atoms with Crippen molar-refractivity contribution in [3.05, 3.63) is 16.7 Å². The van der Waals surface area contributed by atoms with Crippen molar-refractivity contribution in [2.45, 2.75) is 71.5 Å². The number of aromatic hydroxyl groups is 2. The molecule has 138 valence electrons. The summed E-state index contributed by atoms with van der Waals surface area (Å²) in [6.07, 6.45) is 2.22. The van der Waals surface area contributed by atoms with Crippen molar-refractivity contribution in [2.24, 2.45) is 11.3 Å². The summed E-state index contributed by atoms with van der Waals surface area (Å²) in [5.41, 5.74) is 0.241. The number of carbonyl (C=O) groups is 1. The largest absolute Gasteiger partial charge is 0.507 e. The molecule has 0 unspecified atom stereocenters. The van der Waals surface area contributed by atoms with Crippen molar-refractivity contribution in [3.63, 3.8) is 0 Å². The van der Waals surface area contributed by atoms with Gasteiger partial charge in [-0.1, -0.05) is 41.0 Å². The number of rotatable bonds is 2. The molecule has 3 N–H and O–H groups in total. The lowest BCUT2D eigenvalue weighted by molar-refractivity contribution is -0.156. The average Bonchev–Trinajstić information content (AvgIpc) is 2.47. The number of ether oxygens (including phenoxy) is 1. The normalized spacial score (nSPS) is 30.4. The van der Waals surface area contributed by atoms with Gasteiger partial charge in [0.15, 0.2) is 17.8 Å². The maximum Gasteiger partial charge on any atom is 0.201 e. The van der Waals surface area contributed by atoms with Crippen molar-refractivity contribution < 1.29 is 24.9 Å². The second-order valence-corrected chi connectivity index (χ2v) is 8.75. The number of aldehydes is 1. The molecule has 1 aliphatic carbocycles. The molecule has 0 amide bonds. The van der Waals surface area contributed by atoms with E-state index in [2.05, 4.69) is 13.8 Å². The molecule has 1 fully saturated rings. The number of fused-ring (bicyclic) bond motifs is 3. The zero-order chi connectivity index (χ0) is 18.7. The number of carbonyl (C=O) groups excluding carboxylic acids is 1. The molecule has 1 aromatic carbocycles. The van der Waals surface area contributed by atoms with E-state index in [4.69, 9.17) is 4.74 Å². The molecule has 0 saturated heterocycles. The van der Waals surface area contributed by atoms with Gasteiger partial charge in [-0.3, -0.25) is 4.79 Å². The monoisotopic (exact) mass is 348 g/mol. The van der Waals surface area contributed by atoms with E-state index in [1.807, 2.05) is 20.8 Å². The first kappa shape index (κ1) is 18.1. The van der Waals surface area contributed by atoms with E-state index in [0.717, 1.165) is 19.3 Å². The smallest absolute Gasteiger partial charge is 0.201 e. The van der Waals surface area contributed by atoms with Gasteiger partial charge in [-0.2, -0.15) is 0 Å². The maximum atomic E-state index is 11.9. The van der Waals surface area contributed by atoms with E-state index in [1.165, 1.54) is 0 Å². The summed E-state index contributed by atoms with van der Waals surface area (Å²) in [5.74, 6) is -0.630. The molecule has 0 bridgehead atoms. The molecule has 1 saturated carbocycles. The Balaban J connectivity index is 2.37. The van der Waals surface area contributed by atoms with Crippen LogP contribution < -0.4 is 4.74 Å². The molecule has 1 aromatic rings. The summed E-state index contributed by atoms with van der Waals surface area (Å²) in [6.45, 7) is 9.83. The molecule has 5 nitrogen and oxygen atoms in total. The second kappa shape index (κ2) is 5.63. The van der Waals surface area contributed by atoms with Crippen LogP contribution in [0.3, 0.4) is 0 Å². The van der Waals surface area contributed by atoms with Gasteiger partial charge in [0, 0.05) is 22.5 Å². The van der Waals surface area contributed by atoms with Crippen molar-refractivity contribution in [2.75, 3.05) is 0 Å². The van der Waals surface area contributed by atoms with E-state index < -0.39 is 11.7 Å². The number of benzene rings is 1. The molecule has 1 heterocycles. The van der Waals surface area contributed by atoms with Gasteiger partial charge in [-0.25, -0.2) is 0 Å². The van der Waals surface area contributed by atoms with Crippen LogP contribution in [0, 0.1) is 11.3 Å². The molecule has 2 aliphatic rings. The third-order valence-corrected chi connectivity index (χ3v) is 6.31. The molecule has 3 rings (SSSR count). The molecule has 3 atom stereocenters. The predicted molar refractivity (Wildman–Crippen MR) is 94.4 cm³/mol. The van der Waals surface area contributed by atoms with Crippen molar-refractivity contribution >= 4 is 6.29 Å². The van der Waals surface area contributed by atoms with Crippen LogP contribution in [-0.4, -0.2) is 27.9 Å². The SMILES string of the molecule is CC(C)c1c(O)c(C=O)c2c(c1O)O[C@@H](O)[C@H]1C(C)(C)CCC[C@]21C. The van der Waals surface area contributed by atoms with Gasteiger partial charge in [0.25, 0.3) is 0 Å². The van der Waals surface area contributed by atoms with Crippen LogP contribution in [0.5, 0.6) is 17.2 Å². The number of hydrogen-bond donors (Lipinski definition) is 3. The predicted octanol–water partition coefficient (Wildman–Crippen LogP) is 3.83. The number of aliphatic hydroxyl groups excluding tert-OH is 1. The summed E-state index contributed by atoms with van der Waals surface area (Å²) in [5, 5.41) is 32.2. The van der Waals surface area contributed by atoms with Gasteiger partial charge in [0.2, 0.25) is 6.29 Å². The molecular formula is C20H28O5. The lowest BCUT2D eigenvalue weighted by Gasteiger charge is -2.55. The summed E-state index contributed by atoms with van der Waals surface area (Å²) in [6, 6.07) is 0. The first-order valence-electron chi connectivity index (χ1n) is 8.98. The van der Waals surface area contributed by atoms with Gasteiger partial charge in [0.1, 0.15) is 5.75 Å². The standard InChI is InChI=1S/C20H28O5/c1-10(2)12-14(22)11(9-21)13-16(15(12)23)25-18(24)17-19(3,4)7-6-8-20(13,17)5/h9-10,17-18,22-24H,6-8H2,1-5H3/t17-,18+,20+/m0/s1. The van der Waals surface area contributed by atoms with Crippen LogP contribution in [0.25, 0.3) is 0 Å². The molecular weight excluding hydrogens is 320 g/mol. The van der Waals surface area contributed by atoms with Gasteiger partial charge >= 0.3 is 0 Å². The Bertz CT molecular complexity index is 722. The van der Waals surface area contributed by atoms with E-state index >= 15 is 0 Å². The molecule has 0 aromatic heterocycles. The lowest BCUT2D eigenvalue weighted by Crippen LogP contribution is -2.55. The second-order valence-electron chi connectivity index (χ2n) is 8.75. The van der Waals surface area contributed by atoms with E-state index in [0.29, 0.717) is 11.8 Å². The molecule has 25 heavy (non-hydrogen) atoms. The van der Waals surface area contributed by atoms with Crippen LogP contribution in [0.4, 0.5) is 0 Å². The Kier molecular flexibility index (Phi) is 4.06. The van der Waals surface area contributed by atoms with Gasteiger partial charge in [0.05, 0.1) is 5.56 Å². The number of hydrogen-bond acceptors (Lipinski definition) is 5. The fourth-order valence-corrected chi connectivity index (χ4v) is 5.34. The average molecular weight is 348 g/mol. The van der Waals surface area contributed by atoms with E-state index in [-0.39, 0.29) is 45.6 Å². The highest BCUT2D eigenvalue weighted by Crippen LogP contribution is 2.62. The minimum absolute atomic E-state index is 0.146. The van der Waals surface area contributed by atoms with Crippen LogP contribution in [-0.2, 0) is 5.41 Å². The Morgan fingerprint density at radius 3 is 2.36 bits per heavy atom. The fourth-order valence-electron chi connectivity index (χ4n) is 5.34. The zero-order valence-corrected chi connectivity index (χ0v) is 15.6. The van der Waals surface area contributed by atoms with E-state index in [1.54, 1.807) is 0 Å². The summed E-state index contributed by atoms with van der Waals surface area (Å²) < 4.78 is 5.76. The quantitative estimate of drug-likeness (QED) is 0.707. The number of aliphatic hydroxyl groups is 1. The van der Waals surface area contributed by atoms with E-state index in [9.17, 15) is 20.1 Å². The van der Waals surface area contributed by atoms with Crippen LogP contribution >= 0.6 is 0 Å². The van der Waals surface area contributed by atoms with Crippen molar-refractivity contribution in [1.29, 1.82) is 0 Å². The highest BCUT2D eigenvalue weighted by Gasteiger charge is 2.57. The lowest BCUT2D eigenvalue weighted by atomic mass is 9.52. The minimum Gasteiger partial charge on any atom is -0.507 e. The van der Waals surface area contributed by atoms with Crippen molar-refractivity contribution in [3.8, 4) is 17.2 Å². The topological polar surface area (TPSA) is 87.0 Å². The first-order valence-corrected chi connectivity index (χ1v) is 8.98. The minimum atomic E-state index is -1.07. The van der Waals surface area contributed by atoms with Crippen molar-refractivity contribution in [1.82, 2.24) is 0 Å². The molecule has 5 heteroatoms. The number of phenols is 2. The maximum absolute atomic E-state index is 11.9. The Hall–Kier alpha value is -1.75. The Morgan fingerprint density at radius 2 is 1.80 bits per heavy atom.